The van der Waals surface area contributed by atoms with Crippen molar-refractivity contribution in [2.75, 3.05) is 18.2 Å². The second-order valence-corrected chi connectivity index (χ2v) is 8.61. The molecule has 5 nitrogen and oxygen atoms in total. The maximum Gasteiger partial charge on any atom is 0.350 e. The van der Waals surface area contributed by atoms with E-state index in [9.17, 15) is 4.79 Å². The molecule has 0 aliphatic carbocycles. The topological polar surface area (TPSA) is 64.1 Å². The summed E-state index contributed by atoms with van der Waals surface area (Å²) in [6.07, 6.45) is 2.04. The highest BCUT2D eigenvalue weighted by molar-refractivity contribution is 7.98. The summed E-state index contributed by atoms with van der Waals surface area (Å²) < 4.78 is 6.33. The third-order valence-corrected chi connectivity index (χ3v) is 6.61. The largest absolute Gasteiger partial charge is 0.462 e. The lowest BCUT2D eigenvalue weighted by molar-refractivity contribution is 0.0532. The lowest BCUT2D eigenvalue weighted by Crippen LogP contribution is -2.03. The van der Waals surface area contributed by atoms with Crippen molar-refractivity contribution in [3.8, 4) is 11.3 Å². The van der Waals surface area contributed by atoms with Gasteiger partial charge in [-0.25, -0.2) is 14.8 Å². The predicted octanol–water partition coefficient (Wildman–Crippen LogP) is 6.06. The number of aromatic nitrogens is 2. The number of esters is 1. The van der Waals surface area contributed by atoms with Crippen molar-refractivity contribution in [3.05, 3.63) is 53.4 Å². The Bertz CT molecular complexity index is 1120. The van der Waals surface area contributed by atoms with Crippen LogP contribution in [0.25, 0.3) is 21.5 Å². The van der Waals surface area contributed by atoms with Crippen LogP contribution in [0.1, 0.15) is 16.6 Å². The van der Waals surface area contributed by atoms with Gasteiger partial charge in [-0.05, 0) is 25.3 Å². The number of para-hydroxylation sites is 1. The predicted molar refractivity (Wildman–Crippen MR) is 118 cm³/mol. The smallest absolute Gasteiger partial charge is 0.350 e. The molecule has 0 saturated carbocycles. The second kappa shape index (κ2) is 8.30. The lowest BCUT2D eigenvalue weighted by atomic mass is 10.1. The summed E-state index contributed by atoms with van der Waals surface area (Å²) in [6, 6.07) is 15.8. The molecule has 1 N–H and O–H groups in total. The molecule has 0 amide bonds. The number of rotatable bonds is 6. The molecule has 0 unspecified atom stereocenters. The Kier molecular flexibility index (Phi) is 5.61. The fourth-order valence-electron chi connectivity index (χ4n) is 2.73. The van der Waals surface area contributed by atoms with Crippen molar-refractivity contribution in [2.24, 2.45) is 0 Å². The molecule has 8 heteroatoms. The number of benzene rings is 2. The van der Waals surface area contributed by atoms with E-state index in [1.165, 1.54) is 11.3 Å². The quantitative estimate of drug-likeness (QED) is 0.298. The summed E-state index contributed by atoms with van der Waals surface area (Å²) in [5.41, 5.74) is 2.48. The number of nitrogens with one attached hydrogen (secondary N) is 1. The van der Waals surface area contributed by atoms with Crippen LogP contribution in [0, 0.1) is 0 Å². The summed E-state index contributed by atoms with van der Waals surface area (Å²) >= 11 is 4.52. The van der Waals surface area contributed by atoms with E-state index < -0.39 is 0 Å². The summed E-state index contributed by atoms with van der Waals surface area (Å²) in [6.45, 7) is 2.12. The zero-order valence-electron chi connectivity index (χ0n) is 15.3. The molecule has 4 rings (SSSR count). The molecule has 0 spiro atoms. The van der Waals surface area contributed by atoms with Gasteiger partial charge in [0.15, 0.2) is 10.3 Å². The highest BCUT2D eigenvalue weighted by atomic mass is 32.2. The van der Waals surface area contributed by atoms with E-state index in [2.05, 4.69) is 22.4 Å². The molecule has 2 aromatic heterocycles. The van der Waals surface area contributed by atoms with Gasteiger partial charge < -0.3 is 10.1 Å². The molecule has 0 radical (unpaired) electrons. The third kappa shape index (κ3) is 3.76. The fraction of sp³-hybridized carbons (Fsp3) is 0.150. The lowest BCUT2D eigenvalue weighted by Gasteiger charge is -2.01. The van der Waals surface area contributed by atoms with Gasteiger partial charge in [0.05, 0.1) is 22.5 Å². The summed E-state index contributed by atoms with van der Waals surface area (Å²) in [4.78, 5) is 23.4. The Balaban J connectivity index is 1.71. The standard InChI is InChI=1S/C20H17N3O2S3/c1-3-25-18(24)17-15(12-8-5-4-6-9-12)21-20(28-17)23-19-22-16-13(26-2)10-7-11-14(16)27-19/h4-11H,3H2,1-2H3,(H,21,22,23). The number of carbonyl (C=O) groups is 1. The van der Waals surface area contributed by atoms with Crippen LogP contribution >= 0.6 is 34.4 Å². The van der Waals surface area contributed by atoms with Gasteiger partial charge in [0.1, 0.15) is 4.88 Å². The van der Waals surface area contributed by atoms with Crippen LogP contribution in [0.4, 0.5) is 10.3 Å². The van der Waals surface area contributed by atoms with Crippen LogP contribution < -0.4 is 5.32 Å². The normalized spacial score (nSPS) is 10.9. The van der Waals surface area contributed by atoms with Crippen molar-refractivity contribution in [1.29, 1.82) is 0 Å². The van der Waals surface area contributed by atoms with E-state index in [1.807, 2.05) is 42.7 Å². The average molecular weight is 428 g/mol. The molecule has 2 heterocycles. The van der Waals surface area contributed by atoms with Crippen molar-refractivity contribution in [3.63, 3.8) is 0 Å². The molecule has 142 valence electrons. The van der Waals surface area contributed by atoms with Crippen molar-refractivity contribution < 1.29 is 9.53 Å². The van der Waals surface area contributed by atoms with E-state index >= 15 is 0 Å². The van der Waals surface area contributed by atoms with Crippen LogP contribution in [0.5, 0.6) is 0 Å². The Morgan fingerprint density at radius 2 is 1.86 bits per heavy atom. The van der Waals surface area contributed by atoms with E-state index in [0.29, 0.717) is 22.3 Å². The van der Waals surface area contributed by atoms with E-state index in [0.717, 1.165) is 25.8 Å². The molecule has 0 fully saturated rings. The van der Waals surface area contributed by atoms with Gasteiger partial charge in [0.25, 0.3) is 0 Å². The van der Waals surface area contributed by atoms with Gasteiger partial charge in [-0.3, -0.25) is 0 Å². The molecule has 0 bridgehead atoms. The minimum Gasteiger partial charge on any atom is -0.462 e. The van der Waals surface area contributed by atoms with E-state index in [4.69, 9.17) is 9.72 Å². The number of thiazole rings is 2. The Labute approximate surface area is 174 Å². The second-order valence-electron chi connectivity index (χ2n) is 5.73. The molecular weight excluding hydrogens is 410 g/mol. The van der Waals surface area contributed by atoms with Gasteiger partial charge in [0.2, 0.25) is 0 Å². The van der Waals surface area contributed by atoms with Crippen molar-refractivity contribution >= 4 is 60.9 Å². The number of nitrogens with zero attached hydrogens (tertiary/aromatic N) is 2. The molecular formula is C20H17N3O2S3. The molecule has 0 aliphatic rings. The SMILES string of the molecule is CCOC(=O)c1sc(Nc2nc3c(SC)cccc3s2)nc1-c1ccccc1. The molecule has 4 aromatic rings. The maximum atomic E-state index is 12.4. The first-order valence-corrected chi connectivity index (χ1v) is 11.5. The number of thioether (sulfide) groups is 1. The van der Waals surface area contributed by atoms with E-state index in [1.54, 1.807) is 30.0 Å². The maximum absolute atomic E-state index is 12.4. The van der Waals surface area contributed by atoms with Crippen LogP contribution in [0.2, 0.25) is 0 Å². The average Bonchev–Trinajstić information content (AvgIpc) is 3.32. The number of carbonyl (C=O) groups excluding carboxylic acids is 1. The first-order valence-electron chi connectivity index (χ1n) is 8.63. The fourth-order valence-corrected chi connectivity index (χ4v) is 5.20. The summed E-state index contributed by atoms with van der Waals surface area (Å²) in [5.74, 6) is -0.360. The van der Waals surface area contributed by atoms with Crippen LogP contribution in [0.3, 0.4) is 0 Å². The minimum atomic E-state index is -0.360. The Morgan fingerprint density at radius 1 is 1.07 bits per heavy atom. The molecule has 2 aromatic carbocycles. The number of anilines is 2. The Hall–Kier alpha value is -2.42. The van der Waals surface area contributed by atoms with E-state index in [-0.39, 0.29) is 5.97 Å². The molecule has 0 aliphatic heterocycles. The zero-order chi connectivity index (χ0) is 19.5. The minimum absolute atomic E-state index is 0.322. The van der Waals surface area contributed by atoms with Gasteiger partial charge >= 0.3 is 5.97 Å². The van der Waals surface area contributed by atoms with Gasteiger partial charge in [0, 0.05) is 10.5 Å². The first kappa shape index (κ1) is 18.9. The third-order valence-electron chi connectivity index (χ3n) is 3.95. The monoisotopic (exact) mass is 427 g/mol. The van der Waals surface area contributed by atoms with Crippen LogP contribution in [-0.2, 0) is 4.74 Å². The van der Waals surface area contributed by atoms with Crippen LogP contribution in [0.15, 0.2) is 53.4 Å². The highest BCUT2D eigenvalue weighted by Gasteiger charge is 2.21. The highest BCUT2D eigenvalue weighted by Crippen LogP contribution is 2.37. The number of hydrogen-bond acceptors (Lipinski definition) is 8. The van der Waals surface area contributed by atoms with Gasteiger partial charge in [-0.15, -0.1) is 11.8 Å². The zero-order valence-corrected chi connectivity index (χ0v) is 17.7. The van der Waals surface area contributed by atoms with Gasteiger partial charge in [-0.2, -0.15) is 0 Å². The molecule has 28 heavy (non-hydrogen) atoms. The summed E-state index contributed by atoms with van der Waals surface area (Å²) in [5, 5.41) is 4.64. The van der Waals surface area contributed by atoms with Gasteiger partial charge in [-0.1, -0.05) is 59.1 Å². The number of fused-ring (bicyclic) bond motifs is 1. The van der Waals surface area contributed by atoms with Crippen LogP contribution in [-0.4, -0.2) is 28.8 Å². The van der Waals surface area contributed by atoms with Crippen molar-refractivity contribution in [2.45, 2.75) is 11.8 Å². The number of ether oxygens (including phenoxy) is 1. The first-order chi connectivity index (χ1) is 13.7. The van der Waals surface area contributed by atoms with Crippen molar-refractivity contribution in [1.82, 2.24) is 9.97 Å². The molecule has 0 saturated heterocycles. The number of hydrogen-bond donors (Lipinski definition) is 1. The Morgan fingerprint density at radius 3 is 2.61 bits per heavy atom. The summed E-state index contributed by atoms with van der Waals surface area (Å²) in [7, 11) is 0. The molecule has 0 atom stereocenters.